The predicted molar refractivity (Wildman–Crippen MR) is 60.9 cm³/mol. The molecule has 0 saturated heterocycles. The number of para-hydroxylation sites is 2. The summed E-state index contributed by atoms with van der Waals surface area (Å²) in [5.74, 6) is 0.209. The van der Waals surface area contributed by atoms with Gasteiger partial charge in [-0.1, -0.05) is 25.1 Å². The maximum absolute atomic E-state index is 10.7. The zero-order valence-electron chi connectivity index (χ0n) is 9.27. The van der Waals surface area contributed by atoms with Crippen LogP contribution in [0.2, 0.25) is 0 Å². The normalized spacial score (nSPS) is 11.0. The van der Waals surface area contributed by atoms with Gasteiger partial charge in [0.2, 0.25) is 5.75 Å². The number of allylic oxidation sites excluding steroid dienone is 2. The van der Waals surface area contributed by atoms with E-state index in [9.17, 15) is 10.1 Å². The molecule has 1 aromatic rings. The molecule has 0 spiro atoms. The molecule has 0 aliphatic carbocycles. The van der Waals surface area contributed by atoms with Gasteiger partial charge in [0.1, 0.15) is 0 Å². The SMILES string of the molecule is CC=C(CC)NOc1ccccc1[N+](=O)[O-]. The average Bonchev–Trinajstić information content (AvgIpc) is 2.30. The molecule has 0 aliphatic heterocycles. The number of rotatable bonds is 5. The molecular formula is C11H14N2O3. The molecule has 5 heteroatoms. The highest BCUT2D eigenvalue weighted by Gasteiger charge is 2.13. The zero-order chi connectivity index (χ0) is 12.0. The van der Waals surface area contributed by atoms with Gasteiger partial charge in [0.25, 0.3) is 0 Å². The van der Waals surface area contributed by atoms with Gasteiger partial charge in [-0.2, -0.15) is 0 Å². The van der Waals surface area contributed by atoms with Crippen molar-refractivity contribution in [1.82, 2.24) is 5.48 Å². The summed E-state index contributed by atoms with van der Waals surface area (Å²) in [6.07, 6.45) is 2.63. The average molecular weight is 222 g/mol. The van der Waals surface area contributed by atoms with Gasteiger partial charge in [0.05, 0.1) is 4.92 Å². The van der Waals surface area contributed by atoms with E-state index in [-0.39, 0.29) is 11.4 Å². The lowest BCUT2D eigenvalue weighted by molar-refractivity contribution is -0.386. The van der Waals surface area contributed by atoms with Crippen molar-refractivity contribution in [3.05, 3.63) is 46.2 Å². The van der Waals surface area contributed by atoms with E-state index in [4.69, 9.17) is 4.84 Å². The fraction of sp³-hybridized carbons (Fsp3) is 0.273. The number of nitrogens with zero attached hydrogens (tertiary/aromatic N) is 1. The molecule has 1 N–H and O–H groups in total. The molecule has 0 aromatic heterocycles. The fourth-order valence-corrected chi connectivity index (χ4v) is 1.15. The minimum atomic E-state index is -0.474. The van der Waals surface area contributed by atoms with Crippen molar-refractivity contribution < 1.29 is 9.76 Å². The molecule has 0 heterocycles. The van der Waals surface area contributed by atoms with Gasteiger partial charge in [-0.15, -0.1) is 0 Å². The third kappa shape index (κ3) is 2.98. The number of nitro benzene ring substituents is 1. The molecule has 0 fully saturated rings. The van der Waals surface area contributed by atoms with Crippen LogP contribution in [0.3, 0.4) is 0 Å². The Morgan fingerprint density at radius 1 is 1.56 bits per heavy atom. The third-order valence-electron chi connectivity index (χ3n) is 2.08. The first-order valence-electron chi connectivity index (χ1n) is 5.00. The maximum Gasteiger partial charge on any atom is 0.314 e. The van der Waals surface area contributed by atoms with Crippen LogP contribution >= 0.6 is 0 Å². The first-order valence-corrected chi connectivity index (χ1v) is 5.00. The molecule has 1 rings (SSSR count). The summed E-state index contributed by atoms with van der Waals surface area (Å²) in [5, 5.41) is 10.7. The van der Waals surface area contributed by atoms with Gasteiger partial charge in [-0.3, -0.25) is 10.1 Å². The van der Waals surface area contributed by atoms with Crippen molar-refractivity contribution in [2.75, 3.05) is 0 Å². The molecule has 0 bridgehead atoms. The quantitative estimate of drug-likeness (QED) is 0.614. The maximum atomic E-state index is 10.7. The van der Waals surface area contributed by atoms with E-state index in [2.05, 4.69) is 5.48 Å². The number of nitrogens with one attached hydrogen (secondary N) is 1. The van der Waals surface area contributed by atoms with E-state index in [0.717, 1.165) is 12.1 Å². The van der Waals surface area contributed by atoms with E-state index in [1.54, 1.807) is 18.2 Å². The number of hydrogen-bond donors (Lipinski definition) is 1. The first kappa shape index (κ1) is 12.0. The Hall–Kier alpha value is -2.04. The van der Waals surface area contributed by atoms with Crippen molar-refractivity contribution in [2.24, 2.45) is 0 Å². The van der Waals surface area contributed by atoms with E-state index in [0.29, 0.717) is 0 Å². The Labute approximate surface area is 93.8 Å². The molecule has 0 aliphatic rings. The Kier molecular flexibility index (Phi) is 4.32. The summed E-state index contributed by atoms with van der Waals surface area (Å²) in [6, 6.07) is 6.24. The number of benzene rings is 1. The van der Waals surface area contributed by atoms with Crippen LogP contribution in [0.1, 0.15) is 20.3 Å². The molecule has 0 atom stereocenters. The molecule has 0 saturated carbocycles. The van der Waals surface area contributed by atoms with Crippen LogP contribution in [0.4, 0.5) is 5.69 Å². The molecule has 0 radical (unpaired) electrons. The minimum absolute atomic E-state index is 0.0541. The summed E-state index contributed by atoms with van der Waals surface area (Å²) in [7, 11) is 0. The topological polar surface area (TPSA) is 64.4 Å². The van der Waals surface area contributed by atoms with Gasteiger partial charge in [-0.05, 0) is 19.4 Å². The van der Waals surface area contributed by atoms with E-state index in [1.807, 2.05) is 19.9 Å². The minimum Gasteiger partial charge on any atom is -0.375 e. The molecule has 0 unspecified atom stereocenters. The molecule has 16 heavy (non-hydrogen) atoms. The Bertz CT molecular complexity index is 402. The highest BCUT2D eigenvalue weighted by atomic mass is 16.7. The fourth-order valence-electron chi connectivity index (χ4n) is 1.15. The summed E-state index contributed by atoms with van der Waals surface area (Å²) in [6.45, 7) is 3.83. The van der Waals surface area contributed by atoms with Crippen LogP contribution < -0.4 is 10.3 Å². The lowest BCUT2D eigenvalue weighted by Crippen LogP contribution is -2.17. The lowest BCUT2D eigenvalue weighted by Gasteiger charge is -2.09. The van der Waals surface area contributed by atoms with E-state index in [1.165, 1.54) is 6.07 Å². The largest absolute Gasteiger partial charge is 0.375 e. The second-order valence-electron chi connectivity index (χ2n) is 3.10. The van der Waals surface area contributed by atoms with Crippen molar-refractivity contribution >= 4 is 5.69 Å². The van der Waals surface area contributed by atoms with Crippen molar-refractivity contribution in [1.29, 1.82) is 0 Å². The number of nitro groups is 1. The van der Waals surface area contributed by atoms with Crippen LogP contribution in [0.15, 0.2) is 36.0 Å². The molecule has 5 nitrogen and oxygen atoms in total. The van der Waals surface area contributed by atoms with Crippen LogP contribution in [-0.2, 0) is 0 Å². The third-order valence-corrected chi connectivity index (χ3v) is 2.08. The van der Waals surface area contributed by atoms with Crippen LogP contribution in [0.5, 0.6) is 5.75 Å². The van der Waals surface area contributed by atoms with E-state index < -0.39 is 4.92 Å². The highest BCUT2D eigenvalue weighted by Crippen LogP contribution is 2.25. The Morgan fingerprint density at radius 3 is 2.81 bits per heavy atom. The van der Waals surface area contributed by atoms with Crippen LogP contribution in [0, 0.1) is 10.1 Å². The van der Waals surface area contributed by atoms with Gasteiger partial charge in [0, 0.05) is 11.8 Å². The van der Waals surface area contributed by atoms with Crippen LogP contribution in [0.25, 0.3) is 0 Å². The van der Waals surface area contributed by atoms with Crippen LogP contribution in [-0.4, -0.2) is 4.92 Å². The van der Waals surface area contributed by atoms with Crippen molar-refractivity contribution in [2.45, 2.75) is 20.3 Å². The molecular weight excluding hydrogens is 208 g/mol. The second kappa shape index (κ2) is 5.75. The van der Waals surface area contributed by atoms with Crippen molar-refractivity contribution in [3.8, 4) is 5.75 Å². The molecule has 1 aromatic carbocycles. The summed E-state index contributed by atoms with van der Waals surface area (Å²) < 4.78 is 0. The summed E-state index contributed by atoms with van der Waals surface area (Å²) in [4.78, 5) is 15.4. The van der Waals surface area contributed by atoms with Crippen molar-refractivity contribution in [3.63, 3.8) is 0 Å². The summed E-state index contributed by atoms with van der Waals surface area (Å²) >= 11 is 0. The smallest absolute Gasteiger partial charge is 0.314 e. The molecule has 0 amide bonds. The number of hydrogen-bond acceptors (Lipinski definition) is 4. The zero-order valence-corrected chi connectivity index (χ0v) is 9.27. The first-order chi connectivity index (χ1) is 7.69. The van der Waals surface area contributed by atoms with Gasteiger partial charge >= 0.3 is 5.69 Å². The lowest BCUT2D eigenvalue weighted by atomic mass is 10.3. The van der Waals surface area contributed by atoms with Gasteiger partial charge < -0.3 is 4.84 Å². The standard InChI is InChI=1S/C11H14N2O3/c1-3-9(4-2)12-16-11-8-6-5-7-10(11)13(14)15/h3,5-8,12H,4H2,1-2H3. The summed E-state index contributed by atoms with van der Waals surface area (Å²) in [5.41, 5.74) is 3.51. The highest BCUT2D eigenvalue weighted by molar-refractivity contribution is 5.45. The monoisotopic (exact) mass is 222 g/mol. The molecule has 86 valence electrons. The van der Waals surface area contributed by atoms with Gasteiger partial charge in [-0.25, -0.2) is 5.48 Å². The Balaban J connectivity index is 2.77. The van der Waals surface area contributed by atoms with Gasteiger partial charge in [0.15, 0.2) is 0 Å². The predicted octanol–water partition coefficient (Wildman–Crippen LogP) is 2.79. The number of hydroxylamine groups is 1. The van der Waals surface area contributed by atoms with E-state index >= 15 is 0 Å². The Morgan fingerprint density at radius 2 is 2.25 bits per heavy atom. The second-order valence-corrected chi connectivity index (χ2v) is 3.10.